The summed E-state index contributed by atoms with van der Waals surface area (Å²) in [5, 5.41) is 3.62. The smallest absolute Gasteiger partial charge is 0.143 e. The third-order valence-corrected chi connectivity index (χ3v) is 8.57. The second-order valence-electron chi connectivity index (χ2n) is 10.1. The molecular weight excluding hydrogens is 532 g/mol. The fraction of sp³-hybridized carbons (Fsp3) is 0.235. The molecule has 2 aliphatic rings. The second kappa shape index (κ2) is 11.4. The van der Waals surface area contributed by atoms with Crippen molar-refractivity contribution in [2.45, 2.75) is 23.6 Å². The summed E-state index contributed by atoms with van der Waals surface area (Å²) >= 11 is 3.62. The maximum Gasteiger partial charge on any atom is 0.143 e. The van der Waals surface area contributed by atoms with E-state index < -0.39 is 5.60 Å². The van der Waals surface area contributed by atoms with E-state index in [0.29, 0.717) is 18.6 Å². The predicted molar refractivity (Wildman–Crippen MR) is 158 cm³/mol. The summed E-state index contributed by atoms with van der Waals surface area (Å²) in [5.41, 5.74) is 4.09. The molecule has 1 N–H and O–H groups in total. The minimum atomic E-state index is -0.712. The first-order valence-electron chi connectivity index (χ1n) is 13.4. The number of nitrogens with one attached hydrogen (secondary N) is 1. The minimum Gasteiger partial charge on any atom is -0.359 e. The van der Waals surface area contributed by atoms with Crippen molar-refractivity contribution in [3.63, 3.8) is 0 Å². The molecule has 2 unspecified atom stereocenters. The van der Waals surface area contributed by atoms with Crippen molar-refractivity contribution in [1.82, 2.24) is 10.2 Å². The van der Waals surface area contributed by atoms with E-state index in [1.165, 1.54) is 5.56 Å². The summed E-state index contributed by atoms with van der Waals surface area (Å²) in [7, 11) is 0. The van der Waals surface area contributed by atoms with Crippen LogP contribution in [0.25, 0.3) is 0 Å². The third-order valence-electron chi connectivity index (χ3n) is 8.05. The number of benzene rings is 4. The molecule has 4 aromatic rings. The van der Waals surface area contributed by atoms with Crippen LogP contribution in [-0.2, 0) is 10.3 Å². The van der Waals surface area contributed by atoms with Crippen LogP contribution in [0.5, 0.6) is 0 Å². The molecule has 6 rings (SSSR count). The van der Waals surface area contributed by atoms with Crippen molar-refractivity contribution >= 4 is 15.9 Å². The molecular formula is C34H33BrN2O. The molecule has 0 saturated carbocycles. The highest BCUT2D eigenvalue weighted by Gasteiger charge is 2.50. The molecule has 2 heterocycles. The number of nitrogens with zero attached hydrogens (tertiary/aromatic N) is 1. The standard InChI is InChI=1S/C34H33BrN2O/c35-30-20-18-26(19-21-30)33-31-24-36-22-10-11-23-37(31)32(33)25-38-34(27-12-4-1-5-13-27,28-14-6-2-7-15-28)29-16-8-3-9-17-29/h1-21,31-33,36H,22-25H2/b11-10-/t31?,32-,33?/m1/s1. The monoisotopic (exact) mass is 564 g/mol. The molecule has 192 valence electrons. The van der Waals surface area contributed by atoms with Gasteiger partial charge in [-0.25, -0.2) is 0 Å². The van der Waals surface area contributed by atoms with Gasteiger partial charge in [-0.15, -0.1) is 0 Å². The Labute approximate surface area is 234 Å². The van der Waals surface area contributed by atoms with Crippen molar-refractivity contribution in [2.24, 2.45) is 0 Å². The average Bonchev–Trinajstić information content (AvgIpc) is 2.96. The van der Waals surface area contributed by atoms with E-state index in [9.17, 15) is 0 Å². The highest BCUT2D eigenvalue weighted by atomic mass is 79.9. The number of hydrogen-bond donors (Lipinski definition) is 1. The van der Waals surface area contributed by atoms with Crippen LogP contribution in [0.4, 0.5) is 0 Å². The quantitative estimate of drug-likeness (QED) is 0.198. The number of ether oxygens (including phenoxy) is 1. The number of rotatable bonds is 7. The van der Waals surface area contributed by atoms with E-state index in [0.717, 1.165) is 40.8 Å². The fourth-order valence-corrected chi connectivity index (χ4v) is 6.49. The molecule has 3 nitrogen and oxygen atoms in total. The molecule has 0 spiro atoms. The predicted octanol–water partition coefficient (Wildman–Crippen LogP) is 6.75. The number of fused-ring (bicyclic) bond motifs is 1. The Morgan fingerprint density at radius 1 is 0.737 bits per heavy atom. The molecule has 0 bridgehead atoms. The van der Waals surface area contributed by atoms with Gasteiger partial charge in [-0.05, 0) is 34.4 Å². The van der Waals surface area contributed by atoms with Crippen LogP contribution < -0.4 is 5.32 Å². The molecule has 4 heteroatoms. The Kier molecular flexibility index (Phi) is 7.57. The fourth-order valence-electron chi connectivity index (χ4n) is 6.23. The average molecular weight is 566 g/mol. The lowest BCUT2D eigenvalue weighted by molar-refractivity contribution is -0.0884. The summed E-state index contributed by atoms with van der Waals surface area (Å²) in [6.07, 6.45) is 4.53. The van der Waals surface area contributed by atoms with E-state index in [4.69, 9.17) is 4.74 Å². The summed E-state index contributed by atoms with van der Waals surface area (Å²) in [6.45, 7) is 3.46. The maximum atomic E-state index is 7.29. The van der Waals surface area contributed by atoms with E-state index in [2.05, 4.69) is 154 Å². The SMILES string of the molecule is Brc1ccc(C2C3CNC/C=C\CN3[C@@H]2COC(c2ccccc2)(c2ccccc2)c2ccccc2)cc1. The zero-order valence-electron chi connectivity index (χ0n) is 21.4. The van der Waals surface area contributed by atoms with E-state index in [1.54, 1.807) is 0 Å². The van der Waals surface area contributed by atoms with Gasteiger partial charge in [0.25, 0.3) is 0 Å². The van der Waals surface area contributed by atoms with Gasteiger partial charge in [-0.2, -0.15) is 0 Å². The Balaban J connectivity index is 1.42. The van der Waals surface area contributed by atoms with Crippen LogP contribution in [0, 0.1) is 0 Å². The Morgan fingerprint density at radius 2 is 1.29 bits per heavy atom. The van der Waals surface area contributed by atoms with Crippen molar-refractivity contribution in [2.75, 3.05) is 26.2 Å². The van der Waals surface area contributed by atoms with Gasteiger partial charge in [0.2, 0.25) is 0 Å². The lowest BCUT2D eigenvalue weighted by Crippen LogP contribution is -2.67. The van der Waals surface area contributed by atoms with Gasteiger partial charge in [-0.3, -0.25) is 4.90 Å². The van der Waals surface area contributed by atoms with Crippen LogP contribution in [0.3, 0.4) is 0 Å². The molecule has 0 aromatic heterocycles. The zero-order chi connectivity index (χ0) is 25.8. The molecule has 3 atom stereocenters. The van der Waals surface area contributed by atoms with Crippen LogP contribution in [0.1, 0.15) is 28.2 Å². The van der Waals surface area contributed by atoms with Gasteiger partial charge in [0.15, 0.2) is 0 Å². The third kappa shape index (κ3) is 4.78. The summed E-state index contributed by atoms with van der Waals surface area (Å²) in [4.78, 5) is 2.61. The molecule has 1 fully saturated rings. The first kappa shape index (κ1) is 25.3. The lowest BCUT2D eigenvalue weighted by Gasteiger charge is -2.56. The second-order valence-corrected chi connectivity index (χ2v) is 11.0. The van der Waals surface area contributed by atoms with Crippen molar-refractivity contribution in [1.29, 1.82) is 0 Å². The molecule has 4 aromatic carbocycles. The molecule has 0 radical (unpaired) electrons. The molecule has 38 heavy (non-hydrogen) atoms. The van der Waals surface area contributed by atoms with Gasteiger partial charge < -0.3 is 10.1 Å². The van der Waals surface area contributed by atoms with E-state index in [1.807, 2.05) is 0 Å². The molecule has 0 aliphatic carbocycles. The first-order valence-corrected chi connectivity index (χ1v) is 14.2. The first-order chi connectivity index (χ1) is 18.8. The van der Waals surface area contributed by atoms with Gasteiger partial charge in [0, 0.05) is 42.1 Å². The molecule has 0 amide bonds. The van der Waals surface area contributed by atoms with Gasteiger partial charge in [0.1, 0.15) is 5.60 Å². The largest absolute Gasteiger partial charge is 0.359 e. The van der Waals surface area contributed by atoms with Crippen LogP contribution in [-0.4, -0.2) is 43.2 Å². The van der Waals surface area contributed by atoms with Crippen LogP contribution in [0.2, 0.25) is 0 Å². The van der Waals surface area contributed by atoms with Gasteiger partial charge in [-0.1, -0.05) is 131 Å². The molecule has 2 aliphatic heterocycles. The number of halogens is 1. The lowest BCUT2D eigenvalue weighted by atomic mass is 9.74. The van der Waals surface area contributed by atoms with E-state index in [-0.39, 0.29) is 6.04 Å². The Morgan fingerprint density at radius 3 is 1.84 bits per heavy atom. The van der Waals surface area contributed by atoms with E-state index >= 15 is 0 Å². The van der Waals surface area contributed by atoms with Crippen molar-refractivity contribution in [3.05, 3.63) is 154 Å². The highest BCUT2D eigenvalue weighted by Crippen LogP contribution is 2.45. The minimum absolute atomic E-state index is 0.265. The number of hydrogen-bond acceptors (Lipinski definition) is 3. The normalized spacial score (nSPS) is 22.5. The highest BCUT2D eigenvalue weighted by molar-refractivity contribution is 9.10. The van der Waals surface area contributed by atoms with Gasteiger partial charge >= 0.3 is 0 Å². The van der Waals surface area contributed by atoms with Crippen LogP contribution >= 0.6 is 15.9 Å². The van der Waals surface area contributed by atoms with Crippen molar-refractivity contribution < 1.29 is 4.74 Å². The topological polar surface area (TPSA) is 24.5 Å². The Bertz CT molecular complexity index is 1250. The summed E-state index contributed by atoms with van der Waals surface area (Å²) < 4.78 is 8.40. The van der Waals surface area contributed by atoms with Crippen LogP contribution in [0.15, 0.2) is 132 Å². The summed E-state index contributed by atoms with van der Waals surface area (Å²) in [6, 6.07) is 41.6. The summed E-state index contributed by atoms with van der Waals surface area (Å²) in [5.74, 6) is 0.391. The van der Waals surface area contributed by atoms with Crippen molar-refractivity contribution in [3.8, 4) is 0 Å². The molecule has 1 saturated heterocycles. The zero-order valence-corrected chi connectivity index (χ0v) is 23.0. The maximum absolute atomic E-state index is 7.29. The van der Waals surface area contributed by atoms with Gasteiger partial charge in [0.05, 0.1) is 6.61 Å². The Hall–Kier alpha value is -3.02.